The number of hydrogen-bond acceptors (Lipinski definition) is 2. The quantitative estimate of drug-likeness (QED) is 0.420. The van der Waals surface area contributed by atoms with Gasteiger partial charge in [0, 0.05) is 6.08 Å². The summed E-state index contributed by atoms with van der Waals surface area (Å²) in [7, 11) is 0. The van der Waals surface area contributed by atoms with Crippen molar-refractivity contribution in [1.29, 1.82) is 0 Å². The van der Waals surface area contributed by atoms with Crippen molar-refractivity contribution in [3.05, 3.63) is 19.6 Å². The normalized spacial score (nSPS) is 6.62. The van der Waals surface area contributed by atoms with Crippen LogP contribution in [0.25, 0.3) is 0 Å². The van der Waals surface area contributed by atoms with Crippen LogP contribution in [0.3, 0.4) is 0 Å². The molecule has 0 amide bonds. The number of carbonyl (C=O) groups is 1. The first kappa shape index (κ1) is 10.8. The summed E-state index contributed by atoms with van der Waals surface area (Å²) >= 11 is 0. The van der Waals surface area contributed by atoms with Gasteiger partial charge in [-0.15, -0.1) is 0 Å². The fourth-order valence-electron chi connectivity index (χ4n) is 0.160. The maximum Gasteiger partial charge on any atom is 2.00 e. The maximum absolute atomic E-state index is 10.0. The van der Waals surface area contributed by atoms with Gasteiger partial charge in [-0.1, -0.05) is 6.58 Å². The number of rotatable bonds is 2. The Balaban J connectivity index is 0. The number of ether oxygens (including phenoxy) is 1. The molecule has 0 aromatic rings. The fraction of sp³-hybridized carbons (Fsp3) is 0.200. The first-order valence-corrected chi connectivity index (χ1v) is 1.89. The van der Waals surface area contributed by atoms with E-state index in [2.05, 4.69) is 18.2 Å². The molecule has 44 valence electrons. The third-order valence-corrected chi connectivity index (χ3v) is 0.411. The summed E-state index contributed by atoms with van der Waals surface area (Å²) in [5.74, 6) is -0.421. The van der Waals surface area contributed by atoms with Crippen molar-refractivity contribution in [3.8, 4) is 0 Å². The Morgan fingerprint density at radius 1 is 1.88 bits per heavy atom. The van der Waals surface area contributed by atoms with E-state index in [-0.39, 0.29) is 27.7 Å². The minimum atomic E-state index is -0.421. The second-order valence-electron chi connectivity index (χ2n) is 0.872. The monoisotopic (exact) mass is 283 g/mol. The Labute approximate surface area is 63.2 Å². The molecule has 0 aliphatic heterocycles. The van der Waals surface area contributed by atoms with E-state index in [0.29, 0.717) is 0 Å². The molecule has 0 aliphatic rings. The molecule has 0 rings (SSSR count). The average molecular weight is 283 g/mol. The molecular formula is C5H7O2W+. The summed E-state index contributed by atoms with van der Waals surface area (Å²) in [6.07, 6.45) is 1.10. The summed E-state index contributed by atoms with van der Waals surface area (Å²) in [5, 5.41) is 0. The van der Waals surface area contributed by atoms with Gasteiger partial charge in [-0.3, -0.25) is 0 Å². The minimum absolute atomic E-state index is 0. The molecule has 0 aromatic carbocycles. The van der Waals surface area contributed by atoms with E-state index >= 15 is 0 Å². The zero-order valence-electron chi connectivity index (χ0n) is 4.42. The van der Waals surface area contributed by atoms with E-state index < -0.39 is 5.97 Å². The molecule has 3 heteroatoms. The van der Waals surface area contributed by atoms with Crippen molar-refractivity contribution in [2.24, 2.45) is 0 Å². The van der Waals surface area contributed by atoms with Gasteiger partial charge in [-0.25, -0.2) is 4.79 Å². The average Bonchev–Trinajstić information content (AvgIpc) is 1.68. The predicted molar refractivity (Wildman–Crippen MR) is 26.5 cm³/mol. The number of carbonyl (C=O) groups excluding carboxylic acids is 1. The molecule has 0 saturated heterocycles. The van der Waals surface area contributed by atoms with Gasteiger partial charge in [0.15, 0.2) is 0 Å². The summed E-state index contributed by atoms with van der Waals surface area (Å²) in [6.45, 7) is 6.63. The standard InChI is InChI=1S/C5H7O2.W/c1-3-5(6)7-4-2;/h3H,1-2,4H2;/q-1;+2. The van der Waals surface area contributed by atoms with Gasteiger partial charge >= 0.3 is 27.0 Å². The molecule has 0 bridgehead atoms. The Morgan fingerprint density at radius 2 is 2.38 bits per heavy atom. The molecule has 0 unspecified atom stereocenters. The fourth-order valence-corrected chi connectivity index (χ4v) is 0.160. The van der Waals surface area contributed by atoms with Gasteiger partial charge < -0.3 is 11.7 Å². The molecule has 0 atom stereocenters. The van der Waals surface area contributed by atoms with Crippen LogP contribution in [0.2, 0.25) is 0 Å². The topological polar surface area (TPSA) is 26.3 Å². The third-order valence-electron chi connectivity index (χ3n) is 0.411. The molecule has 0 aromatic heterocycles. The van der Waals surface area contributed by atoms with Crippen molar-refractivity contribution >= 4 is 5.97 Å². The smallest absolute Gasteiger partial charge is 0.496 e. The Bertz CT molecular complexity index is 80.5. The largest absolute Gasteiger partial charge is 2.00 e. The van der Waals surface area contributed by atoms with Crippen LogP contribution in [0.5, 0.6) is 0 Å². The Kier molecular flexibility index (Phi) is 9.32. The summed E-state index contributed by atoms with van der Waals surface area (Å²) in [5.41, 5.74) is 0. The van der Waals surface area contributed by atoms with Crippen molar-refractivity contribution < 1.29 is 30.6 Å². The molecule has 0 aliphatic carbocycles. The molecule has 0 saturated carbocycles. The van der Waals surface area contributed by atoms with Crippen LogP contribution in [-0.2, 0) is 30.6 Å². The van der Waals surface area contributed by atoms with E-state index in [1.807, 2.05) is 0 Å². The molecular weight excluding hydrogens is 276 g/mol. The first-order chi connectivity index (χ1) is 3.31. The van der Waals surface area contributed by atoms with Crippen molar-refractivity contribution in [2.45, 2.75) is 0 Å². The number of esters is 1. The van der Waals surface area contributed by atoms with E-state index in [4.69, 9.17) is 0 Å². The van der Waals surface area contributed by atoms with Gasteiger partial charge in [-0.05, 0) is 6.61 Å². The molecule has 0 heterocycles. The van der Waals surface area contributed by atoms with Crippen molar-refractivity contribution in [1.82, 2.24) is 0 Å². The summed E-state index contributed by atoms with van der Waals surface area (Å²) < 4.78 is 4.32. The summed E-state index contributed by atoms with van der Waals surface area (Å²) in [6, 6.07) is 0. The Morgan fingerprint density at radius 3 is 2.50 bits per heavy atom. The van der Waals surface area contributed by atoms with Crippen LogP contribution in [0.15, 0.2) is 12.7 Å². The van der Waals surface area contributed by atoms with Crippen LogP contribution in [0.1, 0.15) is 0 Å². The molecule has 0 N–H and O–H groups in total. The summed E-state index contributed by atoms with van der Waals surface area (Å²) in [4.78, 5) is 10.0. The SMILES string of the molecule is C=CC(=O)OC[CH2-].[W+2]. The van der Waals surface area contributed by atoms with Gasteiger partial charge in [0.2, 0.25) is 0 Å². The molecule has 2 nitrogen and oxygen atoms in total. The maximum atomic E-state index is 10.0. The van der Waals surface area contributed by atoms with Crippen LogP contribution in [0.4, 0.5) is 0 Å². The minimum Gasteiger partial charge on any atom is -0.496 e. The first-order valence-electron chi connectivity index (χ1n) is 1.89. The third kappa shape index (κ3) is 5.90. The van der Waals surface area contributed by atoms with Gasteiger partial charge in [0.25, 0.3) is 0 Å². The molecule has 8 heavy (non-hydrogen) atoms. The zero-order chi connectivity index (χ0) is 5.70. The molecule has 0 fully saturated rings. The van der Waals surface area contributed by atoms with E-state index in [1.165, 1.54) is 0 Å². The van der Waals surface area contributed by atoms with Crippen molar-refractivity contribution in [3.63, 3.8) is 0 Å². The Hall–Kier alpha value is -0.102. The molecule has 0 spiro atoms. The number of hydrogen-bond donors (Lipinski definition) is 0. The predicted octanol–water partition coefficient (Wildman–Crippen LogP) is 0.547. The van der Waals surface area contributed by atoms with Crippen LogP contribution in [0, 0.1) is 6.92 Å². The van der Waals surface area contributed by atoms with E-state index in [0.717, 1.165) is 6.08 Å². The van der Waals surface area contributed by atoms with Crippen LogP contribution in [-0.4, -0.2) is 12.6 Å². The van der Waals surface area contributed by atoms with Gasteiger partial charge in [0.05, 0.1) is 0 Å². The van der Waals surface area contributed by atoms with E-state index in [9.17, 15) is 4.79 Å². The second kappa shape index (κ2) is 6.90. The zero-order valence-corrected chi connectivity index (χ0v) is 7.36. The molecule has 0 radical (unpaired) electrons. The van der Waals surface area contributed by atoms with Crippen LogP contribution < -0.4 is 0 Å². The van der Waals surface area contributed by atoms with Gasteiger partial charge in [0.1, 0.15) is 0 Å². The van der Waals surface area contributed by atoms with Crippen molar-refractivity contribution in [2.75, 3.05) is 6.61 Å². The van der Waals surface area contributed by atoms with Crippen LogP contribution >= 0.6 is 0 Å². The van der Waals surface area contributed by atoms with Gasteiger partial charge in [-0.2, -0.15) is 0 Å². The van der Waals surface area contributed by atoms with E-state index in [1.54, 1.807) is 0 Å². The second-order valence-corrected chi connectivity index (χ2v) is 0.872.